The van der Waals surface area contributed by atoms with Crippen molar-refractivity contribution in [3.8, 4) is 0 Å². The van der Waals surface area contributed by atoms with Crippen LogP contribution in [0.25, 0.3) is 0 Å². The van der Waals surface area contributed by atoms with Gasteiger partial charge in [-0.25, -0.2) is 0 Å². The standard InChI is InChI=1S/C28H30N2/c1-22-9-8-12-27(21-22)29(4)23-13-15-25(16-14-23)30(24-10-6-5-7-11-24)26-17-19-28(2,3)20-18-26/h5-19,21H,20H2,1-4H3. The van der Waals surface area contributed by atoms with Gasteiger partial charge in [0.05, 0.1) is 0 Å². The molecule has 1 aliphatic rings. The Morgan fingerprint density at radius 2 is 1.37 bits per heavy atom. The second-order valence-corrected chi connectivity index (χ2v) is 8.74. The summed E-state index contributed by atoms with van der Waals surface area (Å²) in [6, 6.07) is 28.0. The summed E-state index contributed by atoms with van der Waals surface area (Å²) in [5, 5.41) is 0. The van der Waals surface area contributed by atoms with E-state index in [4.69, 9.17) is 0 Å². The predicted molar refractivity (Wildman–Crippen MR) is 130 cm³/mol. The first-order valence-corrected chi connectivity index (χ1v) is 10.6. The van der Waals surface area contributed by atoms with Gasteiger partial charge in [0, 0.05) is 35.5 Å². The minimum atomic E-state index is 0.215. The first-order chi connectivity index (χ1) is 14.4. The highest BCUT2D eigenvalue weighted by atomic mass is 15.2. The maximum Gasteiger partial charge on any atom is 0.0462 e. The molecule has 3 aromatic rings. The number of nitrogens with zero attached hydrogens (tertiary/aromatic N) is 2. The summed E-state index contributed by atoms with van der Waals surface area (Å²) in [5.74, 6) is 0. The first-order valence-electron chi connectivity index (χ1n) is 10.6. The van der Waals surface area contributed by atoms with Crippen LogP contribution in [0.1, 0.15) is 25.8 Å². The van der Waals surface area contributed by atoms with Gasteiger partial charge in [-0.1, -0.05) is 56.3 Å². The Labute approximate surface area is 180 Å². The Bertz CT molecular complexity index is 1060. The van der Waals surface area contributed by atoms with E-state index in [2.05, 4.69) is 135 Å². The van der Waals surface area contributed by atoms with E-state index in [9.17, 15) is 0 Å². The summed E-state index contributed by atoms with van der Waals surface area (Å²) in [6.45, 7) is 6.68. The molecule has 2 nitrogen and oxygen atoms in total. The van der Waals surface area contributed by atoms with Crippen LogP contribution in [0.15, 0.2) is 103 Å². The van der Waals surface area contributed by atoms with Crippen LogP contribution in [0.4, 0.5) is 22.7 Å². The maximum absolute atomic E-state index is 2.35. The summed E-state index contributed by atoms with van der Waals surface area (Å²) in [7, 11) is 2.12. The molecule has 0 saturated carbocycles. The minimum Gasteiger partial charge on any atom is -0.345 e. The zero-order valence-electron chi connectivity index (χ0n) is 18.3. The van der Waals surface area contributed by atoms with Crippen LogP contribution >= 0.6 is 0 Å². The van der Waals surface area contributed by atoms with Gasteiger partial charge in [0.15, 0.2) is 0 Å². The van der Waals surface area contributed by atoms with Crippen molar-refractivity contribution in [1.82, 2.24) is 0 Å². The third-order valence-corrected chi connectivity index (χ3v) is 5.70. The summed E-state index contributed by atoms with van der Waals surface area (Å²) in [6.07, 6.45) is 7.96. The largest absolute Gasteiger partial charge is 0.345 e. The van der Waals surface area contributed by atoms with E-state index >= 15 is 0 Å². The van der Waals surface area contributed by atoms with E-state index < -0.39 is 0 Å². The van der Waals surface area contributed by atoms with Crippen LogP contribution in [-0.4, -0.2) is 7.05 Å². The first kappa shape index (κ1) is 20.0. The molecule has 3 aromatic carbocycles. The molecular formula is C28H30N2. The lowest BCUT2D eigenvalue weighted by molar-refractivity contribution is 0.481. The molecule has 0 fully saturated rings. The Morgan fingerprint density at radius 1 is 0.733 bits per heavy atom. The second kappa shape index (κ2) is 8.23. The van der Waals surface area contributed by atoms with Gasteiger partial charge in [-0.2, -0.15) is 0 Å². The van der Waals surface area contributed by atoms with Crippen molar-refractivity contribution >= 4 is 22.7 Å². The summed E-state index contributed by atoms with van der Waals surface area (Å²) >= 11 is 0. The van der Waals surface area contributed by atoms with Crippen LogP contribution in [0.5, 0.6) is 0 Å². The number of allylic oxidation sites excluding steroid dienone is 3. The molecule has 2 heteroatoms. The highest BCUT2D eigenvalue weighted by Gasteiger charge is 2.20. The van der Waals surface area contributed by atoms with E-state index in [1.807, 2.05) is 0 Å². The van der Waals surface area contributed by atoms with Crippen LogP contribution in [0, 0.1) is 12.3 Å². The number of hydrogen-bond donors (Lipinski definition) is 0. The normalized spacial score (nSPS) is 14.9. The van der Waals surface area contributed by atoms with Gasteiger partial charge in [0.1, 0.15) is 0 Å². The van der Waals surface area contributed by atoms with Gasteiger partial charge in [0.25, 0.3) is 0 Å². The second-order valence-electron chi connectivity index (χ2n) is 8.74. The average molecular weight is 395 g/mol. The van der Waals surface area contributed by atoms with Gasteiger partial charge in [-0.15, -0.1) is 0 Å². The molecule has 4 rings (SSSR count). The quantitative estimate of drug-likeness (QED) is 0.436. The highest BCUT2D eigenvalue weighted by Crippen LogP contribution is 2.37. The SMILES string of the molecule is Cc1cccc(N(C)c2ccc(N(C3=CCC(C)(C)C=C3)c3ccccc3)cc2)c1. The fraction of sp³-hybridized carbons (Fsp3) is 0.214. The minimum absolute atomic E-state index is 0.215. The van der Waals surface area contributed by atoms with Crippen molar-refractivity contribution in [1.29, 1.82) is 0 Å². The predicted octanol–water partition coefficient (Wildman–Crippen LogP) is 7.77. The van der Waals surface area contributed by atoms with E-state index in [1.54, 1.807) is 0 Å². The topological polar surface area (TPSA) is 6.48 Å². The lowest BCUT2D eigenvalue weighted by Crippen LogP contribution is -2.19. The van der Waals surface area contributed by atoms with E-state index in [0.29, 0.717) is 0 Å². The van der Waals surface area contributed by atoms with Crippen LogP contribution in [0.2, 0.25) is 0 Å². The summed E-state index contributed by atoms with van der Waals surface area (Å²) in [4.78, 5) is 4.56. The number of para-hydroxylation sites is 1. The molecule has 0 radical (unpaired) electrons. The molecule has 0 bridgehead atoms. The fourth-order valence-corrected chi connectivity index (χ4v) is 3.82. The maximum atomic E-state index is 2.35. The third kappa shape index (κ3) is 4.33. The van der Waals surface area contributed by atoms with Crippen LogP contribution in [0.3, 0.4) is 0 Å². The molecule has 0 aromatic heterocycles. The molecule has 0 amide bonds. The Morgan fingerprint density at radius 3 is 2.00 bits per heavy atom. The molecule has 152 valence electrons. The van der Waals surface area contributed by atoms with Crippen molar-refractivity contribution < 1.29 is 0 Å². The van der Waals surface area contributed by atoms with Gasteiger partial charge >= 0.3 is 0 Å². The molecule has 1 aliphatic carbocycles. The van der Waals surface area contributed by atoms with E-state index in [1.165, 1.54) is 28.3 Å². The molecule has 0 heterocycles. The summed E-state index contributed by atoms with van der Waals surface area (Å²) in [5.41, 5.74) is 7.41. The smallest absolute Gasteiger partial charge is 0.0462 e. The lowest BCUT2D eigenvalue weighted by Gasteiger charge is -2.31. The van der Waals surface area contributed by atoms with E-state index in [0.717, 1.165) is 12.1 Å². The molecule has 0 spiro atoms. The molecule has 0 unspecified atom stereocenters. The molecular weight excluding hydrogens is 364 g/mol. The number of rotatable bonds is 5. The Hall–Kier alpha value is -3.26. The number of benzene rings is 3. The zero-order chi connectivity index (χ0) is 21.1. The number of anilines is 4. The third-order valence-electron chi connectivity index (χ3n) is 5.70. The van der Waals surface area contributed by atoms with Gasteiger partial charge in [-0.05, 0) is 78.9 Å². The molecule has 30 heavy (non-hydrogen) atoms. The Kier molecular flexibility index (Phi) is 5.50. The van der Waals surface area contributed by atoms with Crippen molar-refractivity contribution in [3.05, 3.63) is 108 Å². The fourth-order valence-electron chi connectivity index (χ4n) is 3.82. The summed E-state index contributed by atoms with van der Waals surface area (Å²) < 4.78 is 0. The molecule has 0 saturated heterocycles. The van der Waals surface area contributed by atoms with Gasteiger partial charge < -0.3 is 9.80 Å². The highest BCUT2D eigenvalue weighted by molar-refractivity contribution is 5.73. The number of hydrogen-bond acceptors (Lipinski definition) is 2. The van der Waals surface area contributed by atoms with Crippen molar-refractivity contribution in [2.75, 3.05) is 16.8 Å². The van der Waals surface area contributed by atoms with Crippen LogP contribution in [-0.2, 0) is 0 Å². The van der Waals surface area contributed by atoms with E-state index in [-0.39, 0.29) is 5.41 Å². The molecule has 0 N–H and O–H groups in total. The van der Waals surface area contributed by atoms with Crippen molar-refractivity contribution in [2.45, 2.75) is 27.2 Å². The monoisotopic (exact) mass is 394 g/mol. The molecule has 0 aliphatic heterocycles. The van der Waals surface area contributed by atoms with Crippen LogP contribution < -0.4 is 9.80 Å². The molecule has 0 atom stereocenters. The van der Waals surface area contributed by atoms with Crippen molar-refractivity contribution in [3.63, 3.8) is 0 Å². The van der Waals surface area contributed by atoms with Gasteiger partial charge in [-0.3, -0.25) is 0 Å². The lowest BCUT2D eigenvalue weighted by atomic mass is 9.85. The number of aryl methyl sites for hydroxylation is 1. The Balaban J connectivity index is 1.67. The van der Waals surface area contributed by atoms with Gasteiger partial charge in [0.2, 0.25) is 0 Å². The zero-order valence-corrected chi connectivity index (χ0v) is 18.3. The van der Waals surface area contributed by atoms with Crippen molar-refractivity contribution in [2.24, 2.45) is 5.41 Å². The average Bonchev–Trinajstić information content (AvgIpc) is 2.76.